The Morgan fingerprint density at radius 3 is 2.39 bits per heavy atom. The van der Waals surface area contributed by atoms with Gasteiger partial charge in [0.1, 0.15) is 0 Å². The molecule has 1 aromatic rings. The first kappa shape index (κ1) is 14.9. The minimum atomic E-state index is -2.13. The van der Waals surface area contributed by atoms with Crippen molar-refractivity contribution in [1.82, 2.24) is 4.98 Å². The monoisotopic (exact) mass is 267 g/mol. The molecule has 0 aromatic carbocycles. The number of rotatable bonds is 4. The average Bonchev–Trinajstić information content (AvgIpc) is 2.25. The Kier molecular flexibility index (Phi) is 4.29. The second kappa shape index (κ2) is 5.20. The second-order valence-corrected chi connectivity index (χ2v) is 10.6. The lowest BCUT2D eigenvalue weighted by atomic mass is 10.2. The van der Waals surface area contributed by atoms with Crippen LogP contribution in [0.15, 0.2) is 24.4 Å². The van der Waals surface area contributed by atoms with Crippen LogP contribution in [0.4, 0.5) is 0 Å². The number of hydrogen-bond donors (Lipinski definition) is 1. The molecule has 18 heavy (non-hydrogen) atoms. The summed E-state index contributed by atoms with van der Waals surface area (Å²) in [6.07, 6.45) is 0.604. The third kappa shape index (κ3) is 3.40. The zero-order valence-electron chi connectivity index (χ0n) is 11.6. The van der Waals surface area contributed by atoms with Crippen molar-refractivity contribution in [2.24, 2.45) is 0 Å². The van der Waals surface area contributed by atoms with Crippen molar-refractivity contribution in [1.29, 1.82) is 0 Å². The van der Waals surface area contributed by atoms with Crippen molar-refractivity contribution < 1.29 is 14.3 Å². The molecule has 0 saturated heterocycles. The van der Waals surface area contributed by atoms with Crippen LogP contribution in [0.1, 0.15) is 32.6 Å². The van der Waals surface area contributed by atoms with E-state index in [1.165, 1.54) is 0 Å². The van der Waals surface area contributed by atoms with Gasteiger partial charge in [-0.2, -0.15) is 0 Å². The summed E-state index contributed by atoms with van der Waals surface area (Å²) in [4.78, 5) is 15.4. The highest BCUT2D eigenvalue weighted by atomic mass is 28.4. The number of carboxylic acids is 1. The van der Waals surface area contributed by atoms with Crippen molar-refractivity contribution in [3.8, 4) is 0 Å². The first-order valence-electron chi connectivity index (χ1n) is 5.97. The maximum atomic E-state index is 11.4. The molecular weight excluding hydrogens is 246 g/mol. The third-order valence-corrected chi connectivity index (χ3v) is 7.84. The number of aromatic nitrogens is 1. The zero-order valence-corrected chi connectivity index (χ0v) is 12.6. The molecular formula is C13H21NO3Si. The highest BCUT2D eigenvalue weighted by Gasteiger charge is 2.41. The van der Waals surface area contributed by atoms with Crippen LogP contribution in [0.25, 0.3) is 0 Å². The van der Waals surface area contributed by atoms with Gasteiger partial charge < -0.3 is 9.53 Å². The van der Waals surface area contributed by atoms with E-state index in [1.807, 2.05) is 13.1 Å². The molecule has 0 radical (unpaired) electrons. The first-order chi connectivity index (χ1) is 8.15. The zero-order chi connectivity index (χ0) is 14.0. The summed E-state index contributed by atoms with van der Waals surface area (Å²) in [5, 5.41) is 9.28. The summed E-state index contributed by atoms with van der Waals surface area (Å²) in [7, 11) is -2.13. The fraction of sp³-hybridized carbons (Fsp3) is 0.538. The predicted molar refractivity (Wildman–Crippen MR) is 72.9 cm³/mol. The van der Waals surface area contributed by atoms with Crippen molar-refractivity contribution >= 4 is 14.3 Å². The molecule has 0 spiro atoms. The molecule has 0 bridgehead atoms. The van der Waals surface area contributed by atoms with Crippen molar-refractivity contribution in [3.05, 3.63) is 30.1 Å². The summed E-state index contributed by atoms with van der Waals surface area (Å²) in [6, 6.07) is 5.22. The Morgan fingerprint density at radius 1 is 1.39 bits per heavy atom. The highest BCUT2D eigenvalue weighted by molar-refractivity contribution is 6.74. The normalized spacial score (nSPS) is 14.3. The van der Waals surface area contributed by atoms with E-state index in [-0.39, 0.29) is 5.04 Å². The third-order valence-electron chi connectivity index (χ3n) is 3.40. The van der Waals surface area contributed by atoms with Gasteiger partial charge in [0.05, 0.1) is 5.69 Å². The number of aliphatic carboxylic acids is 1. The molecule has 1 N–H and O–H groups in total. The molecule has 0 aliphatic rings. The van der Waals surface area contributed by atoms with E-state index in [4.69, 9.17) is 4.43 Å². The van der Waals surface area contributed by atoms with Crippen LogP contribution in [0.2, 0.25) is 18.1 Å². The molecule has 0 fully saturated rings. The second-order valence-electron chi connectivity index (χ2n) is 5.85. The van der Waals surface area contributed by atoms with Crippen molar-refractivity contribution in [3.63, 3.8) is 0 Å². The van der Waals surface area contributed by atoms with E-state index in [9.17, 15) is 9.90 Å². The number of nitrogens with zero attached hydrogens (tertiary/aromatic N) is 1. The topological polar surface area (TPSA) is 59.4 Å². The Labute approximate surface area is 109 Å². The Morgan fingerprint density at radius 2 is 2.00 bits per heavy atom. The molecule has 100 valence electrons. The summed E-state index contributed by atoms with van der Waals surface area (Å²) < 4.78 is 5.93. The van der Waals surface area contributed by atoms with Crippen LogP contribution in [-0.4, -0.2) is 24.4 Å². The standard InChI is InChI=1S/C13H21NO3Si/c1-13(2,3)18(4,5)17-11(12(15)16)10-8-6-7-9-14-10/h6-9,11H,1-5H3,(H,15,16). The van der Waals surface area contributed by atoms with Gasteiger partial charge in [0.15, 0.2) is 14.4 Å². The quantitative estimate of drug-likeness (QED) is 0.851. The fourth-order valence-corrected chi connectivity index (χ4v) is 2.40. The van der Waals surface area contributed by atoms with Gasteiger partial charge >= 0.3 is 5.97 Å². The number of pyridine rings is 1. The summed E-state index contributed by atoms with van der Waals surface area (Å²) in [5.41, 5.74) is 0.454. The van der Waals surface area contributed by atoms with Gasteiger partial charge in [-0.15, -0.1) is 0 Å². The average molecular weight is 267 g/mol. The van der Waals surface area contributed by atoms with Gasteiger partial charge in [-0.05, 0) is 30.3 Å². The lowest BCUT2D eigenvalue weighted by Crippen LogP contribution is -2.43. The van der Waals surface area contributed by atoms with Crippen LogP contribution in [0.5, 0.6) is 0 Å². The summed E-state index contributed by atoms with van der Waals surface area (Å²) in [6.45, 7) is 10.3. The van der Waals surface area contributed by atoms with Crippen LogP contribution < -0.4 is 0 Å². The molecule has 0 aliphatic heterocycles. The molecule has 0 aliphatic carbocycles. The van der Waals surface area contributed by atoms with Crippen molar-refractivity contribution in [2.75, 3.05) is 0 Å². The Hall–Kier alpha value is -1.20. The van der Waals surface area contributed by atoms with Gasteiger partial charge in [-0.25, -0.2) is 4.79 Å². The molecule has 1 unspecified atom stereocenters. The maximum absolute atomic E-state index is 11.4. The lowest BCUT2D eigenvalue weighted by molar-refractivity contribution is -0.146. The largest absolute Gasteiger partial charge is 0.479 e. The minimum absolute atomic E-state index is 0.0323. The maximum Gasteiger partial charge on any atom is 0.338 e. The minimum Gasteiger partial charge on any atom is -0.479 e. The highest BCUT2D eigenvalue weighted by Crippen LogP contribution is 2.39. The van der Waals surface area contributed by atoms with Crippen molar-refractivity contribution in [2.45, 2.75) is 45.0 Å². The van der Waals surface area contributed by atoms with Crippen LogP contribution >= 0.6 is 0 Å². The van der Waals surface area contributed by atoms with Gasteiger partial charge in [-0.3, -0.25) is 4.98 Å². The number of hydrogen-bond acceptors (Lipinski definition) is 3. The molecule has 1 atom stereocenters. The van der Waals surface area contributed by atoms with Crippen LogP contribution in [0.3, 0.4) is 0 Å². The number of carboxylic acid groups (broad SMARTS) is 1. The molecule has 0 saturated carbocycles. The molecule has 1 aromatic heterocycles. The van der Waals surface area contributed by atoms with Crippen LogP contribution in [-0.2, 0) is 9.22 Å². The summed E-state index contributed by atoms with van der Waals surface area (Å²) in [5.74, 6) is -0.987. The molecule has 0 amide bonds. The fourth-order valence-electron chi connectivity index (χ4n) is 1.24. The van der Waals surface area contributed by atoms with Gasteiger partial charge in [0.25, 0.3) is 0 Å². The van der Waals surface area contributed by atoms with E-state index in [1.54, 1.807) is 24.4 Å². The van der Waals surface area contributed by atoms with E-state index in [2.05, 4.69) is 25.8 Å². The molecule has 5 heteroatoms. The van der Waals surface area contributed by atoms with Gasteiger partial charge in [0, 0.05) is 6.20 Å². The smallest absolute Gasteiger partial charge is 0.338 e. The molecule has 4 nitrogen and oxygen atoms in total. The van der Waals surface area contributed by atoms with Crippen LogP contribution in [0, 0.1) is 0 Å². The lowest BCUT2D eigenvalue weighted by Gasteiger charge is -2.38. The predicted octanol–water partition coefficient (Wildman–Crippen LogP) is 3.23. The molecule has 1 rings (SSSR count). The van der Waals surface area contributed by atoms with Gasteiger partial charge in [0.2, 0.25) is 0 Å². The summed E-state index contributed by atoms with van der Waals surface area (Å²) >= 11 is 0. The first-order valence-corrected chi connectivity index (χ1v) is 8.87. The Bertz CT molecular complexity index is 412. The van der Waals surface area contributed by atoms with E-state index in [0.29, 0.717) is 5.69 Å². The number of carbonyl (C=O) groups is 1. The SMILES string of the molecule is CC(C)(C)[Si](C)(C)OC(C(=O)O)c1ccccn1. The van der Waals surface area contributed by atoms with E-state index < -0.39 is 20.4 Å². The Balaban J connectivity index is 3.00. The van der Waals surface area contributed by atoms with Gasteiger partial charge in [-0.1, -0.05) is 26.8 Å². The van der Waals surface area contributed by atoms with E-state index >= 15 is 0 Å². The molecule has 1 heterocycles. The van der Waals surface area contributed by atoms with E-state index in [0.717, 1.165) is 0 Å².